The van der Waals surface area contributed by atoms with Gasteiger partial charge in [0, 0.05) is 28.8 Å². The number of halogens is 2. The fourth-order valence-corrected chi connectivity index (χ4v) is 2.62. The third kappa shape index (κ3) is 3.76. The van der Waals surface area contributed by atoms with Crippen LogP contribution in [-0.2, 0) is 0 Å². The Bertz CT molecular complexity index is 507. The standard InChI is InChI=1S/C13H13Cl2N3O/c14-10-4-11(15)6-12(5-10)17-13(19)18-3-1-2-9(7-16)8-18/h4-6,9H,1-3,8H2,(H,17,19). The third-order valence-corrected chi connectivity index (χ3v) is 3.44. The van der Waals surface area contributed by atoms with Gasteiger partial charge in [-0.2, -0.15) is 5.26 Å². The summed E-state index contributed by atoms with van der Waals surface area (Å²) in [5, 5.41) is 12.6. The smallest absolute Gasteiger partial charge is 0.321 e. The van der Waals surface area contributed by atoms with Gasteiger partial charge in [-0.1, -0.05) is 23.2 Å². The minimum absolute atomic E-state index is 0.0811. The molecule has 0 saturated carbocycles. The Balaban J connectivity index is 2.02. The molecule has 1 unspecified atom stereocenters. The molecule has 2 rings (SSSR count). The predicted octanol–water partition coefficient (Wildman–Crippen LogP) is 3.76. The second-order valence-corrected chi connectivity index (χ2v) is 5.38. The Morgan fingerprint density at radius 1 is 1.37 bits per heavy atom. The van der Waals surface area contributed by atoms with Gasteiger partial charge < -0.3 is 10.2 Å². The van der Waals surface area contributed by atoms with Gasteiger partial charge in [-0.15, -0.1) is 0 Å². The number of urea groups is 1. The lowest BCUT2D eigenvalue weighted by Crippen LogP contribution is -2.42. The Morgan fingerprint density at radius 3 is 2.68 bits per heavy atom. The van der Waals surface area contributed by atoms with Crippen molar-refractivity contribution in [1.82, 2.24) is 4.90 Å². The SMILES string of the molecule is N#CC1CCCN(C(=O)Nc2cc(Cl)cc(Cl)c2)C1. The molecule has 0 aromatic heterocycles. The first-order valence-corrected chi connectivity index (χ1v) is 6.75. The van der Waals surface area contributed by atoms with E-state index < -0.39 is 0 Å². The van der Waals surface area contributed by atoms with E-state index in [9.17, 15) is 4.79 Å². The van der Waals surface area contributed by atoms with Gasteiger partial charge in [0.15, 0.2) is 0 Å². The highest BCUT2D eigenvalue weighted by molar-refractivity contribution is 6.35. The molecule has 0 radical (unpaired) electrons. The molecule has 19 heavy (non-hydrogen) atoms. The lowest BCUT2D eigenvalue weighted by Gasteiger charge is -2.29. The lowest BCUT2D eigenvalue weighted by atomic mass is 10.0. The quantitative estimate of drug-likeness (QED) is 0.858. The molecular weight excluding hydrogens is 285 g/mol. The van der Waals surface area contributed by atoms with Crippen molar-refractivity contribution in [2.24, 2.45) is 5.92 Å². The molecule has 1 heterocycles. The lowest BCUT2D eigenvalue weighted by molar-refractivity contribution is 0.189. The van der Waals surface area contributed by atoms with Crippen LogP contribution < -0.4 is 5.32 Å². The van der Waals surface area contributed by atoms with Crippen LogP contribution in [0.15, 0.2) is 18.2 Å². The third-order valence-electron chi connectivity index (χ3n) is 3.01. The largest absolute Gasteiger partial charge is 0.323 e. The molecule has 6 heteroatoms. The predicted molar refractivity (Wildman–Crippen MR) is 75.4 cm³/mol. The van der Waals surface area contributed by atoms with Crippen molar-refractivity contribution in [2.45, 2.75) is 12.8 Å². The van der Waals surface area contributed by atoms with Crippen molar-refractivity contribution < 1.29 is 4.79 Å². The van der Waals surface area contributed by atoms with Crippen LogP contribution in [-0.4, -0.2) is 24.0 Å². The monoisotopic (exact) mass is 297 g/mol. The molecule has 1 fully saturated rings. The van der Waals surface area contributed by atoms with E-state index in [1.165, 1.54) is 0 Å². The zero-order chi connectivity index (χ0) is 13.8. The molecule has 0 aliphatic carbocycles. The van der Waals surface area contributed by atoms with Crippen LogP contribution in [0.5, 0.6) is 0 Å². The molecule has 1 aliphatic heterocycles. The van der Waals surface area contributed by atoms with Gasteiger partial charge in [-0.25, -0.2) is 4.79 Å². The molecule has 1 saturated heterocycles. The Hall–Kier alpha value is -1.44. The van der Waals surface area contributed by atoms with Crippen molar-refractivity contribution in [2.75, 3.05) is 18.4 Å². The summed E-state index contributed by atoms with van der Waals surface area (Å²) in [4.78, 5) is 13.7. The number of rotatable bonds is 1. The molecule has 1 N–H and O–H groups in total. The minimum Gasteiger partial charge on any atom is -0.323 e. The number of amides is 2. The van der Waals surface area contributed by atoms with Gasteiger partial charge in [-0.3, -0.25) is 0 Å². The van der Waals surface area contributed by atoms with Crippen molar-refractivity contribution in [3.8, 4) is 6.07 Å². The summed E-state index contributed by atoms with van der Waals surface area (Å²) in [5.41, 5.74) is 0.557. The first-order chi connectivity index (χ1) is 9.08. The number of anilines is 1. The average Bonchev–Trinajstić information content (AvgIpc) is 2.37. The first kappa shape index (κ1) is 14.0. The molecular formula is C13H13Cl2N3O. The topological polar surface area (TPSA) is 56.1 Å². The van der Waals surface area contributed by atoms with Crippen molar-refractivity contribution >= 4 is 34.9 Å². The summed E-state index contributed by atoms with van der Waals surface area (Å²) >= 11 is 11.7. The number of likely N-dealkylation sites (tertiary alicyclic amines) is 1. The number of hydrogen-bond acceptors (Lipinski definition) is 2. The normalized spacial score (nSPS) is 18.8. The van der Waals surface area contributed by atoms with E-state index in [0.717, 1.165) is 12.8 Å². The molecule has 1 aliphatic rings. The number of carbonyl (C=O) groups excluding carboxylic acids is 1. The van der Waals surface area contributed by atoms with Gasteiger partial charge in [0.2, 0.25) is 0 Å². The van der Waals surface area contributed by atoms with E-state index >= 15 is 0 Å². The zero-order valence-electron chi connectivity index (χ0n) is 10.2. The van der Waals surface area contributed by atoms with Crippen LogP contribution in [0.3, 0.4) is 0 Å². The molecule has 0 spiro atoms. The van der Waals surface area contributed by atoms with Gasteiger partial charge in [0.1, 0.15) is 0 Å². The summed E-state index contributed by atoms with van der Waals surface area (Å²) < 4.78 is 0. The number of carbonyl (C=O) groups is 1. The first-order valence-electron chi connectivity index (χ1n) is 6.00. The van der Waals surface area contributed by atoms with Crippen LogP contribution in [0, 0.1) is 17.2 Å². The minimum atomic E-state index is -0.224. The highest BCUT2D eigenvalue weighted by Gasteiger charge is 2.23. The van der Waals surface area contributed by atoms with Crippen molar-refractivity contribution in [3.63, 3.8) is 0 Å². The number of nitrogens with zero attached hydrogens (tertiary/aromatic N) is 2. The number of benzene rings is 1. The average molecular weight is 298 g/mol. The Morgan fingerprint density at radius 2 is 2.05 bits per heavy atom. The second kappa shape index (κ2) is 6.14. The summed E-state index contributed by atoms with van der Waals surface area (Å²) in [7, 11) is 0. The maximum absolute atomic E-state index is 12.1. The summed E-state index contributed by atoms with van der Waals surface area (Å²) in [5.74, 6) is -0.0811. The highest BCUT2D eigenvalue weighted by Crippen LogP contribution is 2.23. The molecule has 1 atom stereocenters. The fourth-order valence-electron chi connectivity index (χ4n) is 2.10. The van der Waals surface area contributed by atoms with Crippen LogP contribution in [0.1, 0.15) is 12.8 Å². The molecule has 100 valence electrons. The molecule has 2 amide bonds. The molecule has 0 bridgehead atoms. The Kier molecular flexibility index (Phi) is 4.52. The van der Waals surface area contributed by atoms with E-state index in [1.807, 2.05) is 0 Å². The number of piperidine rings is 1. The molecule has 1 aromatic rings. The van der Waals surface area contributed by atoms with Crippen LogP contribution in [0.4, 0.5) is 10.5 Å². The zero-order valence-corrected chi connectivity index (χ0v) is 11.7. The van der Waals surface area contributed by atoms with Gasteiger partial charge in [-0.05, 0) is 31.0 Å². The van der Waals surface area contributed by atoms with E-state index in [1.54, 1.807) is 23.1 Å². The Labute approximate surface area is 121 Å². The van der Waals surface area contributed by atoms with E-state index in [-0.39, 0.29) is 11.9 Å². The van der Waals surface area contributed by atoms with Crippen molar-refractivity contribution in [1.29, 1.82) is 5.26 Å². The van der Waals surface area contributed by atoms with Crippen molar-refractivity contribution in [3.05, 3.63) is 28.2 Å². The maximum Gasteiger partial charge on any atom is 0.321 e. The van der Waals surface area contributed by atoms with Gasteiger partial charge in [0.25, 0.3) is 0 Å². The van der Waals surface area contributed by atoms with Crippen LogP contribution in [0.2, 0.25) is 10.0 Å². The summed E-state index contributed by atoms with van der Waals surface area (Å²) in [6.45, 7) is 1.13. The van der Waals surface area contributed by atoms with Gasteiger partial charge >= 0.3 is 6.03 Å². The highest BCUT2D eigenvalue weighted by atomic mass is 35.5. The number of hydrogen-bond donors (Lipinski definition) is 1. The van der Waals surface area contributed by atoms with E-state index in [4.69, 9.17) is 28.5 Å². The molecule has 4 nitrogen and oxygen atoms in total. The molecule has 1 aromatic carbocycles. The maximum atomic E-state index is 12.1. The number of nitrogens with one attached hydrogen (secondary N) is 1. The summed E-state index contributed by atoms with van der Waals surface area (Å²) in [6.07, 6.45) is 1.70. The van der Waals surface area contributed by atoms with Crippen LogP contribution >= 0.6 is 23.2 Å². The van der Waals surface area contributed by atoms with E-state index in [2.05, 4.69) is 11.4 Å². The van der Waals surface area contributed by atoms with Gasteiger partial charge in [0.05, 0.1) is 12.0 Å². The number of nitriles is 1. The fraction of sp³-hybridized carbons (Fsp3) is 0.385. The van der Waals surface area contributed by atoms with E-state index in [0.29, 0.717) is 28.8 Å². The summed E-state index contributed by atoms with van der Waals surface area (Å²) in [6, 6.07) is 6.86. The second-order valence-electron chi connectivity index (χ2n) is 4.50. The van der Waals surface area contributed by atoms with Crippen LogP contribution in [0.25, 0.3) is 0 Å².